The van der Waals surface area contributed by atoms with Crippen LogP contribution in [0.4, 0.5) is 0 Å². The lowest BCUT2D eigenvalue weighted by molar-refractivity contribution is -0.136. The summed E-state index contributed by atoms with van der Waals surface area (Å²) in [5.74, 6) is 0.669. The molecule has 0 aliphatic heterocycles. The van der Waals surface area contributed by atoms with Crippen molar-refractivity contribution in [3.63, 3.8) is 0 Å². The fourth-order valence-electron chi connectivity index (χ4n) is 1.79. The van der Waals surface area contributed by atoms with Gasteiger partial charge in [-0.25, -0.2) is 4.79 Å². The van der Waals surface area contributed by atoms with Gasteiger partial charge in [-0.3, -0.25) is 0 Å². The molecule has 0 aliphatic rings. The predicted molar refractivity (Wildman–Crippen MR) is 83.2 cm³/mol. The predicted octanol–water partition coefficient (Wildman–Crippen LogP) is 4.25. The Bertz CT molecular complexity index is 665. The lowest BCUT2D eigenvalue weighted by Gasteiger charge is -2.09. The van der Waals surface area contributed by atoms with E-state index in [-0.39, 0.29) is 6.61 Å². The maximum atomic E-state index is 11.8. The molecule has 0 heterocycles. The minimum Gasteiger partial charge on any atom is -0.482 e. The summed E-state index contributed by atoms with van der Waals surface area (Å²) in [5, 5.41) is 0.640. The zero-order chi connectivity index (χ0) is 15.4. The van der Waals surface area contributed by atoms with Crippen LogP contribution >= 0.6 is 11.6 Å². The monoisotopic (exact) mass is 304 g/mol. The van der Waals surface area contributed by atoms with Gasteiger partial charge in [0.1, 0.15) is 11.5 Å². The van der Waals surface area contributed by atoms with E-state index in [2.05, 4.69) is 0 Å². The van der Waals surface area contributed by atoms with Crippen LogP contribution in [0.25, 0.3) is 0 Å². The van der Waals surface area contributed by atoms with Crippen LogP contribution in [0.2, 0.25) is 5.02 Å². The van der Waals surface area contributed by atoms with Gasteiger partial charge in [0.15, 0.2) is 6.61 Å². The summed E-state index contributed by atoms with van der Waals surface area (Å²) < 4.78 is 10.6. The van der Waals surface area contributed by atoms with Gasteiger partial charge in [0.2, 0.25) is 0 Å². The Hall–Kier alpha value is -2.00. The van der Waals surface area contributed by atoms with Gasteiger partial charge in [-0.15, -0.1) is 0 Å². The maximum Gasteiger partial charge on any atom is 0.349 e. The molecule has 0 saturated heterocycles. The molecule has 21 heavy (non-hydrogen) atoms. The molecule has 0 bridgehead atoms. The van der Waals surface area contributed by atoms with E-state index in [0.717, 1.165) is 11.1 Å². The Morgan fingerprint density at radius 2 is 1.62 bits per heavy atom. The number of hydrogen-bond donors (Lipinski definition) is 0. The smallest absolute Gasteiger partial charge is 0.349 e. The number of carbonyl (C=O) groups is 1. The molecular weight excluding hydrogens is 288 g/mol. The van der Waals surface area contributed by atoms with Crippen molar-refractivity contribution in [3.05, 3.63) is 58.1 Å². The van der Waals surface area contributed by atoms with Crippen LogP contribution in [-0.2, 0) is 4.79 Å². The Labute approximate surface area is 129 Å². The van der Waals surface area contributed by atoms with Gasteiger partial charge in [0.25, 0.3) is 0 Å². The minimum absolute atomic E-state index is 0.135. The van der Waals surface area contributed by atoms with Crippen LogP contribution in [0.15, 0.2) is 36.4 Å². The van der Waals surface area contributed by atoms with Crippen molar-refractivity contribution in [2.75, 3.05) is 6.61 Å². The van der Waals surface area contributed by atoms with Gasteiger partial charge in [0, 0.05) is 5.02 Å². The van der Waals surface area contributed by atoms with E-state index < -0.39 is 5.97 Å². The molecule has 0 saturated carbocycles. The molecule has 0 fully saturated rings. The molecule has 0 N–H and O–H groups in total. The first-order chi connectivity index (χ1) is 9.95. The highest BCUT2D eigenvalue weighted by molar-refractivity contribution is 6.31. The SMILES string of the molecule is Cc1ccc(OCC(=O)Oc2ccc(Cl)c(C)c2)cc1C. The average Bonchev–Trinajstić information content (AvgIpc) is 2.44. The average molecular weight is 305 g/mol. The quantitative estimate of drug-likeness (QED) is 0.626. The summed E-state index contributed by atoms with van der Waals surface area (Å²) in [4.78, 5) is 11.8. The topological polar surface area (TPSA) is 35.5 Å². The molecular formula is C17H17ClO3. The summed E-state index contributed by atoms with van der Waals surface area (Å²) in [6, 6.07) is 10.8. The van der Waals surface area contributed by atoms with Crippen molar-refractivity contribution in [3.8, 4) is 11.5 Å². The number of hydrogen-bond acceptors (Lipinski definition) is 3. The van der Waals surface area contributed by atoms with Crippen molar-refractivity contribution in [1.82, 2.24) is 0 Å². The van der Waals surface area contributed by atoms with E-state index in [4.69, 9.17) is 21.1 Å². The molecule has 0 unspecified atom stereocenters. The van der Waals surface area contributed by atoms with E-state index in [0.29, 0.717) is 16.5 Å². The summed E-state index contributed by atoms with van der Waals surface area (Å²) in [6.07, 6.45) is 0. The van der Waals surface area contributed by atoms with Crippen molar-refractivity contribution in [2.45, 2.75) is 20.8 Å². The van der Waals surface area contributed by atoms with Gasteiger partial charge < -0.3 is 9.47 Å². The summed E-state index contributed by atoms with van der Waals surface area (Å²) in [5.41, 5.74) is 3.16. The van der Waals surface area contributed by atoms with Gasteiger partial charge in [0.05, 0.1) is 0 Å². The van der Waals surface area contributed by atoms with E-state index in [9.17, 15) is 4.79 Å². The highest BCUT2D eigenvalue weighted by Gasteiger charge is 2.08. The summed E-state index contributed by atoms with van der Waals surface area (Å²) in [6.45, 7) is 5.74. The molecule has 2 rings (SSSR count). The molecule has 4 heteroatoms. The van der Waals surface area contributed by atoms with Crippen LogP contribution in [0.3, 0.4) is 0 Å². The fourth-order valence-corrected chi connectivity index (χ4v) is 1.91. The zero-order valence-electron chi connectivity index (χ0n) is 12.3. The number of esters is 1. The number of aryl methyl sites for hydroxylation is 3. The van der Waals surface area contributed by atoms with E-state index in [1.807, 2.05) is 39.0 Å². The highest BCUT2D eigenvalue weighted by atomic mass is 35.5. The molecule has 0 spiro atoms. The lowest BCUT2D eigenvalue weighted by atomic mass is 10.1. The van der Waals surface area contributed by atoms with Crippen molar-refractivity contribution in [1.29, 1.82) is 0 Å². The Morgan fingerprint density at radius 3 is 2.29 bits per heavy atom. The number of ether oxygens (including phenoxy) is 2. The van der Waals surface area contributed by atoms with Crippen LogP contribution < -0.4 is 9.47 Å². The van der Waals surface area contributed by atoms with Crippen LogP contribution in [0.1, 0.15) is 16.7 Å². The van der Waals surface area contributed by atoms with Gasteiger partial charge in [-0.2, -0.15) is 0 Å². The molecule has 2 aromatic carbocycles. The fraction of sp³-hybridized carbons (Fsp3) is 0.235. The molecule has 0 aromatic heterocycles. The summed E-state index contributed by atoms with van der Waals surface area (Å²) in [7, 11) is 0. The second-order valence-corrected chi connectivity index (χ2v) is 5.33. The first kappa shape index (κ1) is 15.4. The first-order valence-electron chi connectivity index (χ1n) is 6.62. The normalized spacial score (nSPS) is 10.3. The third kappa shape index (κ3) is 4.23. The maximum absolute atomic E-state index is 11.8. The third-order valence-corrected chi connectivity index (χ3v) is 3.62. The largest absolute Gasteiger partial charge is 0.482 e. The van der Waals surface area contributed by atoms with Crippen molar-refractivity contribution >= 4 is 17.6 Å². The zero-order valence-corrected chi connectivity index (χ0v) is 13.0. The highest BCUT2D eigenvalue weighted by Crippen LogP contribution is 2.21. The second kappa shape index (κ2) is 6.64. The Balaban J connectivity index is 1.92. The van der Waals surface area contributed by atoms with Crippen molar-refractivity contribution < 1.29 is 14.3 Å². The standard InChI is InChI=1S/C17H17ClO3/c1-11-4-5-14(8-12(11)2)20-10-17(19)21-15-6-7-16(18)13(3)9-15/h4-9H,10H2,1-3H3. The first-order valence-corrected chi connectivity index (χ1v) is 7.00. The van der Waals surface area contributed by atoms with Crippen LogP contribution in [0.5, 0.6) is 11.5 Å². The van der Waals surface area contributed by atoms with E-state index >= 15 is 0 Å². The Kier molecular flexibility index (Phi) is 4.86. The minimum atomic E-state index is -0.449. The van der Waals surface area contributed by atoms with Crippen LogP contribution in [-0.4, -0.2) is 12.6 Å². The molecule has 3 nitrogen and oxygen atoms in total. The number of rotatable bonds is 4. The van der Waals surface area contributed by atoms with Gasteiger partial charge in [-0.1, -0.05) is 17.7 Å². The Morgan fingerprint density at radius 1 is 0.952 bits per heavy atom. The van der Waals surface area contributed by atoms with E-state index in [1.165, 1.54) is 5.56 Å². The second-order valence-electron chi connectivity index (χ2n) is 4.92. The van der Waals surface area contributed by atoms with E-state index in [1.54, 1.807) is 18.2 Å². The van der Waals surface area contributed by atoms with Crippen molar-refractivity contribution in [2.24, 2.45) is 0 Å². The molecule has 0 radical (unpaired) electrons. The lowest BCUT2D eigenvalue weighted by Crippen LogP contribution is -2.17. The molecule has 0 aliphatic carbocycles. The number of carbonyl (C=O) groups excluding carboxylic acids is 1. The molecule has 0 atom stereocenters. The van der Waals surface area contributed by atoms with Gasteiger partial charge in [-0.05, 0) is 67.8 Å². The van der Waals surface area contributed by atoms with Crippen LogP contribution in [0, 0.1) is 20.8 Å². The molecule has 110 valence electrons. The molecule has 2 aromatic rings. The van der Waals surface area contributed by atoms with Gasteiger partial charge >= 0.3 is 5.97 Å². The summed E-state index contributed by atoms with van der Waals surface area (Å²) >= 11 is 5.92. The number of halogens is 1. The number of benzene rings is 2. The third-order valence-electron chi connectivity index (χ3n) is 3.20. The molecule has 0 amide bonds.